The fraction of sp³-hybridized carbons (Fsp3) is 0.219. The molecule has 0 bridgehead atoms. The van der Waals surface area contributed by atoms with Gasteiger partial charge in [-0.25, -0.2) is 4.79 Å². The van der Waals surface area contributed by atoms with Crippen LogP contribution in [0.1, 0.15) is 65.6 Å². The molecule has 3 N–H and O–H groups in total. The molecule has 0 saturated carbocycles. The number of amides is 1. The third kappa shape index (κ3) is 5.52. The van der Waals surface area contributed by atoms with Gasteiger partial charge in [0.15, 0.2) is 0 Å². The molecule has 1 amide bonds. The van der Waals surface area contributed by atoms with Gasteiger partial charge in [-0.3, -0.25) is 9.78 Å². The molecular weight excluding hydrogens is 512 g/mol. The highest BCUT2D eigenvalue weighted by Crippen LogP contribution is 2.38. The van der Waals surface area contributed by atoms with Crippen LogP contribution >= 0.6 is 11.6 Å². The number of hydrogen-bond acceptors (Lipinski definition) is 4. The Morgan fingerprint density at radius 2 is 1.74 bits per heavy atom. The topological polar surface area (TPSA) is 99.5 Å². The first-order chi connectivity index (χ1) is 18.7. The number of carboxylic acid groups (broad SMARTS) is 1. The highest BCUT2D eigenvalue weighted by atomic mass is 35.5. The number of nitrogens with zero attached hydrogens (tertiary/aromatic N) is 1. The molecule has 0 radical (unpaired) electrons. The van der Waals surface area contributed by atoms with Gasteiger partial charge in [-0.15, -0.1) is 0 Å². The van der Waals surface area contributed by atoms with Crippen molar-refractivity contribution in [2.45, 2.75) is 44.9 Å². The van der Waals surface area contributed by atoms with Crippen LogP contribution in [0.15, 0.2) is 73.1 Å². The van der Waals surface area contributed by atoms with Gasteiger partial charge in [0.25, 0.3) is 0 Å². The maximum atomic E-state index is 12.9. The SMILES string of the molecule is CC(C)c1ccc(C2CCc3cc(-c4ccc(-c5ccncc5O)cc4)c(Cl)cc3NC(=O)C2)cc1C(=O)O. The largest absolute Gasteiger partial charge is 0.506 e. The summed E-state index contributed by atoms with van der Waals surface area (Å²) in [6.45, 7) is 3.95. The zero-order valence-corrected chi connectivity index (χ0v) is 22.5. The van der Waals surface area contributed by atoms with Gasteiger partial charge in [-0.1, -0.05) is 61.8 Å². The van der Waals surface area contributed by atoms with E-state index in [-0.39, 0.29) is 29.9 Å². The number of aromatic carboxylic acids is 1. The Kier molecular flexibility index (Phi) is 7.40. The average Bonchev–Trinajstić information content (AvgIpc) is 2.91. The summed E-state index contributed by atoms with van der Waals surface area (Å²) >= 11 is 6.68. The van der Waals surface area contributed by atoms with E-state index in [4.69, 9.17) is 11.6 Å². The van der Waals surface area contributed by atoms with Crippen LogP contribution in [0.25, 0.3) is 22.3 Å². The number of anilines is 1. The molecule has 3 aromatic carbocycles. The third-order valence-corrected chi connectivity index (χ3v) is 7.68. The minimum atomic E-state index is -0.953. The van der Waals surface area contributed by atoms with Gasteiger partial charge in [-0.05, 0) is 76.8 Å². The van der Waals surface area contributed by atoms with Gasteiger partial charge in [0.05, 0.1) is 16.8 Å². The number of carbonyl (C=O) groups is 2. The molecule has 198 valence electrons. The van der Waals surface area contributed by atoms with Crippen molar-refractivity contribution in [1.82, 2.24) is 4.98 Å². The van der Waals surface area contributed by atoms with Gasteiger partial charge in [-0.2, -0.15) is 0 Å². The number of halogens is 1. The van der Waals surface area contributed by atoms with Gasteiger partial charge >= 0.3 is 5.97 Å². The molecule has 2 heterocycles. The number of aromatic hydroxyl groups is 1. The highest BCUT2D eigenvalue weighted by molar-refractivity contribution is 6.33. The Morgan fingerprint density at radius 1 is 1.03 bits per heavy atom. The third-order valence-electron chi connectivity index (χ3n) is 7.37. The molecule has 0 aliphatic carbocycles. The van der Waals surface area contributed by atoms with E-state index in [9.17, 15) is 19.8 Å². The van der Waals surface area contributed by atoms with Crippen molar-refractivity contribution in [3.63, 3.8) is 0 Å². The Hall–Kier alpha value is -4.16. The molecule has 0 fully saturated rings. The predicted molar refractivity (Wildman–Crippen MR) is 154 cm³/mol. The molecule has 5 rings (SSSR count). The van der Waals surface area contributed by atoms with Crippen LogP contribution in [0.2, 0.25) is 5.02 Å². The van der Waals surface area contributed by atoms with Crippen LogP contribution in [-0.4, -0.2) is 27.1 Å². The number of nitrogens with one attached hydrogen (secondary N) is 1. The fourth-order valence-electron chi connectivity index (χ4n) is 5.28. The van der Waals surface area contributed by atoms with Gasteiger partial charge in [0.1, 0.15) is 5.75 Å². The van der Waals surface area contributed by atoms with Crippen LogP contribution in [0.5, 0.6) is 5.75 Å². The molecule has 1 aromatic heterocycles. The number of fused-ring (bicyclic) bond motifs is 1. The van der Waals surface area contributed by atoms with Crippen LogP contribution in [-0.2, 0) is 11.2 Å². The smallest absolute Gasteiger partial charge is 0.335 e. The standard InChI is InChI=1S/C32H29ClN2O4/c1-18(2)24-10-9-21(13-27(24)32(38)39)22-7-8-23-14-26(28(33)16-29(23)35-31(37)15-22)20-5-3-19(4-6-20)25-11-12-34-17-30(25)36/h3-6,9-14,16-18,22,36H,7-8,15H2,1-2H3,(H,35,37)(H,38,39). The molecule has 39 heavy (non-hydrogen) atoms. The van der Waals surface area contributed by atoms with E-state index in [2.05, 4.69) is 10.3 Å². The number of rotatable bonds is 5. The van der Waals surface area contributed by atoms with Crippen LogP contribution in [0, 0.1) is 0 Å². The van der Waals surface area contributed by atoms with E-state index in [1.165, 1.54) is 6.20 Å². The summed E-state index contributed by atoms with van der Waals surface area (Å²) in [6.07, 6.45) is 4.71. The zero-order valence-electron chi connectivity index (χ0n) is 21.7. The molecule has 1 aliphatic heterocycles. The average molecular weight is 541 g/mol. The van der Waals surface area contributed by atoms with Crippen molar-refractivity contribution in [2.24, 2.45) is 0 Å². The zero-order chi connectivity index (χ0) is 27.7. The number of hydrogen-bond donors (Lipinski definition) is 3. The monoisotopic (exact) mass is 540 g/mol. The first kappa shape index (κ1) is 26.4. The lowest BCUT2D eigenvalue weighted by atomic mass is 9.84. The van der Waals surface area contributed by atoms with Gasteiger partial charge in [0.2, 0.25) is 5.91 Å². The lowest BCUT2D eigenvalue weighted by molar-refractivity contribution is -0.116. The van der Waals surface area contributed by atoms with Crippen LogP contribution in [0.3, 0.4) is 0 Å². The van der Waals surface area contributed by atoms with Crippen molar-refractivity contribution in [1.29, 1.82) is 0 Å². The second-order valence-corrected chi connectivity index (χ2v) is 10.7. The van der Waals surface area contributed by atoms with Crippen molar-refractivity contribution in [2.75, 3.05) is 5.32 Å². The lowest BCUT2D eigenvalue weighted by Gasteiger charge is -2.24. The summed E-state index contributed by atoms with van der Waals surface area (Å²) in [5.74, 6) is -0.986. The number of benzene rings is 3. The Morgan fingerprint density at radius 3 is 2.41 bits per heavy atom. The summed E-state index contributed by atoms with van der Waals surface area (Å²) in [4.78, 5) is 28.8. The maximum absolute atomic E-state index is 12.9. The Bertz CT molecular complexity index is 1560. The highest BCUT2D eigenvalue weighted by Gasteiger charge is 2.24. The summed E-state index contributed by atoms with van der Waals surface area (Å²) in [6, 6.07) is 18.9. The molecule has 0 saturated heterocycles. The molecule has 0 spiro atoms. The van der Waals surface area contributed by atoms with E-state index in [0.717, 1.165) is 33.4 Å². The Labute approximate surface area is 232 Å². The number of aryl methyl sites for hydroxylation is 1. The van der Waals surface area contributed by atoms with Crippen molar-refractivity contribution in [3.05, 3.63) is 100 Å². The second kappa shape index (κ2) is 10.9. The molecule has 1 aliphatic rings. The van der Waals surface area contributed by atoms with Crippen LogP contribution < -0.4 is 5.32 Å². The molecular formula is C32H29ClN2O4. The first-order valence-corrected chi connectivity index (χ1v) is 13.3. The molecule has 1 unspecified atom stereocenters. The number of pyridine rings is 1. The molecule has 6 nitrogen and oxygen atoms in total. The van der Waals surface area contributed by atoms with Crippen molar-refractivity contribution < 1.29 is 19.8 Å². The normalized spacial score (nSPS) is 15.3. The van der Waals surface area contributed by atoms with Crippen LogP contribution in [0.4, 0.5) is 5.69 Å². The maximum Gasteiger partial charge on any atom is 0.335 e. The second-order valence-electron chi connectivity index (χ2n) is 10.3. The van der Waals surface area contributed by atoms with Crippen molar-refractivity contribution >= 4 is 29.2 Å². The number of carbonyl (C=O) groups excluding carboxylic acids is 1. The van der Waals surface area contributed by atoms with E-state index in [1.807, 2.05) is 56.3 Å². The molecule has 1 atom stereocenters. The van der Waals surface area contributed by atoms with E-state index < -0.39 is 5.97 Å². The quantitative estimate of drug-likeness (QED) is 0.241. The van der Waals surface area contributed by atoms with E-state index >= 15 is 0 Å². The van der Waals surface area contributed by atoms with E-state index in [0.29, 0.717) is 34.7 Å². The predicted octanol–water partition coefficient (Wildman–Crippen LogP) is 7.65. The van der Waals surface area contributed by atoms with Gasteiger partial charge < -0.3 is 15.5 Å². The molecule has 7 heteroatoms. The van der Waals surface area contributed by atoms with Crippen molar-refractivity contribution in [3.8, 4) is 28.0 Å². The fourth-order valence-corrected chi connectivity index (χ4v) is 5.55. The summed E-state index contributed by atoms with van der Waals surface area (Å²) in [5, 5.41) is 23.4. The Balaban J connectivity index is 1.44. The lowest BCUT2D eigenvalue weighted by Crippen LogP contribution is -2.20. The molecule has 4 aromatic rings. The number of aromatic nitrogens is 1. The number of carboxylic acids is 1. The minimum absolute atomic E-state index is 0.0882. The first-order valence-electron chi connectivity index (χ1n) is 12.9. The van der Waals surface area contributed by atoms with Gasteiger partial charge in [0, 0.05) is 29.4 Å². The summed E-state index contributed by atoms with van der Waals surface area (Å²) in [7, 11) is 0. The minimum Gasteiger partial charge on any atom is -0.506 e. The summed E-state index contributed by atoms with van der Waals surface area (Å²) < 4.78 is 0. The van der Waals surface area contributed by atoms with E-state index in [1.54, 1.807) is 24.4 Å². The summed E-state index contributed by atoms with van der Waals surface area (Å²) in [5.41, 5.74) is 6.94.